The number of hydrogen-bond acceptors (Lipinski definition) is 4. The maximum Gasteiger partial charge on any atom is 0.129 e. The molecule has 0 saturated heterocycles. The molecule has 0 bridgehead atoms. The smallest absolute Gasteiger partial charge is 0.129 e. The van der Waals surface area contributed by atoms with Crippen molar-refractivity contribution in [2.75, 3.05) is 23.7 Å². The molecule has 2 N–H and O–H groups in total. The number of aryl methyl sites for hydroxylation is 1. The second kappa shape index (κ2) is 6.42. The van der Waals surface area contributed by atoms with Gasteiger partial charge in [-0.15, -0.1) is 0 Å². The number of fused-ring (bicyclic) bond motifs is 2. The Morgan fingerprint density at radius 2 is 1.96 bits per heavy atom. The normalized spacial score (nSPS) is 20.3. The monoisotopic (exact) mass is 322 g/mol. The summed E-state index contributed by atoms with van der Waals surface area (Å²) in [6, 6.07) is 4.68. The van der Waals surface area contributed by atoms with E-state index in [2.05, 4.69) is 46.6 Å². The van der Waals surface area contributed by atoms with E-state index in [9.17, 15) is 0 Å². The minimum Gasteiger partial charge on any atom is -0.370 e. The summed E-state index contributed by atoms with van der Waals surface area (Å²) in [5.74, 6) is 3.29. The van der Waals surface area contributed by atoms with Gasteiger partial charge in [0.2, 0.25) is 0 Å². The molecule has 4 rings (SSSR count). The van der Waals surface area contributed by atoms with Crippen LogP contribution < -0.4 is 10.6 Å². The van der Waals surface area contributed by atoms with Crippen LogP contribution in [0.1, 0.15) is 48.4 Å². The van der Waals surface area contributed by atoms with Crippen molar-refractivity contribution < 1.29 is 0 Å². The molecule has 2 aliphatic rings. The summed E-state index contributed by atoms with van der Waals surface area (Å²) >= 11 is 0. The standard InChI is InChI=1S/C20H26N4/c1-13-6-17-8-15(11-23-20(17)22-10-13)7-14(2)18-9-16-4-3-5-21-19(16)24-12-18/h8-9,11-14H,3-7,10H2,1-2H3,(H,21,24)(H,22,23)/t13?,14-/m0/s1. The van der Waals surface area contributed by atoms with Crippen LogP contribution in [0.15, 0.2) is 24.5 Å². The summed E-state index contributed by atoms with van der Waals surface area (Å²) in [6.07, 6.45) is 8.56. The van der Waals surface area contributed by atoms with E-state index in [1.165, 1.54) is 28.7 Å². The van der Waals surface area contributed by atoms with Crippen LogP contribution in [-0.2, 0) is 19.3 Å². The zero-order valence-electron chi connectivity index (χ0n) is 14.6. The Hall–Kier alpha value is -2.10. The van der Waals surface area contributed by atoms with Crippen molar-refractivity contribution in [3.8, 4) is 0 Å². The second-order valence-electron chi connectivity index (χ2n) is 7.45. The first kappa shape index (κ1) is 15.4. The maximum atomic E-state index is 4.63. The molecule has 4 heterocycles. The van der Waals surface area contributed by atoms with Crippen LogP contribution in [0.5, 0.6) is 0 Å². The van der Waals surface area contributed by atoms with E-state index >= 15 is 0 Å². The Bertz CT molecular complexity index is 740. The van der Waals surface area contributed by atoms with Crippen molar-refractivity contribution in [2.45, 2.75) is 45.4 Å². The fraction of sp³-hybridized carbons (Fsp3) is 0.500. The third kappa shape index (κ3) is 3.10. The molecule has 2 atom stereocenters. The van der Waals surface area contributed by atoms with Crippen LogP contribution in [0, 0.1) is 5.92 Å². The highest BCUT2D eigenvalue weighted by molar-refractivity contribution is 5.49. The highest BCUT2D eigenvalue weighted by Gasteiger charge is 2.18. The van der Waals surface area contributed by atoms with Gasteiger partial charge in [-0.3, -0.25) is 0 Å². The molecule has 126 valence electrons. The Balaban J connectivity index is 1.52. The SMILES string of the molecule is CC1CNc2ncc(C[C@H](C)c3cnc4c(c3)CCCN4)cc2C1. The fourth-order valence-electron chi connectivity index (χ4n) is 3.81. The molecule has 0 saturated carbocycles. The number of nitrogens with zero attached hydrogens (tertiary/aromatic N) is 2. The van der Waals surface area contributed by atoms with Gasteiger partial charge in [0.05, 0.1) is 0 Å². The van der Waals surface area contributed by atoms with E-state index in [0.29, 0.717) is 11.8 Å². The van der Waals surface area contributed by atoms with Crippen LogP contribution in [0.25, 0.3) is 0 Å². The Morgan fingerprint density at radius 1 is 1.12 bits per heavy atom. The molecule has 0 aromatic carbocycles. The third-order valence-electron chi connectivity index (χ3n) is 5.22. The van der Waals surface area contributed by atoms with Gasteiger partial charge in [0.25, 0.3) is 0 Å². The molecule has 0 fully saturated rings. The number of aromatic nitrogens is 2. The Morgan fingerprint density at radius 3 is 2.88 bits per heavy atom. The van der Waals surface area contributed by atoms with Gasteiger partial charge in [-0.25, -0.2) is 9.97 Å². The minimum absolute atomic E-state index is 0.457. The summed E-state index contributed by atoms with van der Waals surface area (Å²) in [5, 5.41) is 6.82. The fourth-order valence-corrected chi connectivity index (χ4v) is 3.81. The molecule has 24 heavy (non-hydrogen) atoms. The summed E-state index contributed by atoms with van der Waals surface area (Å²) < 4.78 is 0. The molecule has 4 nitrogen and oxygen atoms in total. The van der Waals surface area contributed by atoms with E-state index in [0.717, 1.165) is 44.0 Å². The lowest BCUT2D eigenvalue weighted by atomic mass is 9.91. The van der Waals surface area contributed by atoms with Crippen LogP contribution >= 0.6 is 0 Å². The van der Waals surface area contributed by atoms with E-state index in [4.69, 9.17) is 0 Å². The molecule has 0 amide bonds. The predicted octanol–water partition coefficient (Wildman–Crippen LogP) is 3.79. The van der Waals surface area contributed by atoms with Crippen LogP contribution in [0.2, 0.25) is 0 Å². The number of hydrogen-bond donors (Lipinski definition) is 2. The summed E-state index contributed by atoms with van der Waals surface area (Å²) in [5.41, 5.74) is 5.40. The Labute approximate surface area is 144 Å². The highest BCUT2D eigenvalue weighted by Crippen LogP contribution is 2.28. The highest BCUT2D eigenvalue weighted by atomic mass is 15.0. The summed E-state index contributed by atoms with van der Waals surface area (Å²) in [7, 11) is 0. The van der Waals surface area contributed by atoms with Crippen LogP contribution in [-0.4, -0.2) is 23.1 Å². The van der Waals surface area contributed by atoms with Crippen molar-refractivity contribution in [3.05, 3.63) is 46.8 Å². The number of rotatable bonds is 3. The lowest BCUT2D eigenvalue weighted by Crippen LogP contribution is -2.21. The van der Waals surface area contributed by atoms with Crippen molar-refractivity contribution >= 4 is 11.6 Å². The molecule has 2 aliphatic heterocycles. The topological polar surface area (TPSA) is 49.8 Å². The van der Waals surface area contributed by atoms with Gasteiger partial charge in [-0.2, -0.15) is 0 Å². The first-order valence-electron chi connectivity index (χ1n) is 9.13. The van der Waals surface area contributed by atoms with E-state index in [1.807, 2.05) is 12.4 Å². The molecule has 1 unspecified atom stereocenters. The maximum absolute atomic E-state index is 4.63. The largest absolute Gasteiger partial charge is 0.370 e. The van der Waals surface area contributed by atoms with E-state index in [-0.39, 0.29) is 0 Å². The van der Waals surface area contributed by atoms with Gasteiger partial charge >= 0.3 is 0 Å². The molecule has 2 aromatic heterocycles. The van der Waals surface area contributed by atoms with Crippen molar-refractivity contribution in [2.24, 2.45) is 5.92 Å². The molecular formula is C20H26N4. The van der Waals surface area contributed by atoms with Crippen molar-refractivity contribution in [1.82, 2.24) is 9.97 Å². The Kier molecular flexibility index (Phi) is 4.13. The number of pyridine rings is 2. The first-order valence-corrected chi connectivity index (χ1v) is 9.13. The van der Waals surface area contributed by atoms with E-state index < -0.39 is 0 Å². The van der Waals surface area contributed by atoms with Gasteiger partial charge in [0.15, 0.2) is 0 Å². The van der Waals surface area contributed by atoms with Gasteiger partial charge in [0, 0.05) is 25.5 Å². The molecular weight excluding hydrogens is 296 g/mol. The van der Waals surface area contributed by atoms with Crippen LogP contribution in [0.3, 0.4) is 0 Å². The van der Waals surface area contributed by atoms with Gasteiger partial charge in [-0.05, 0) is 59.8 Å². The number of nitrogens with one attached hydrogen (secondary N) is 2. The lowest BCUT2D eigenvalue weighted by Gasteiger charge is -2.23. The van der Waals surface area contributed by atoms with Crippen LogP contribution in [0.4, 0.5) is 11.6 Å². The van der Waals surface area contributed by atoms with Crippen molar-refractivity contribution in [1.29, 1.82) is 0 Å². The van der Waals surface area contributed by atoms with E-state index in [1.54, 1.807) is 0 Å². The lowest BCUT2D eigenvalue weighted by molar-refractivity contribution is 0.589. The zero-order chi connectivity index (χ0) is 16.5. The molecule has 0 spiro atoms. The average Bonchev–Trinajstić information content (AvgIpc) is 2.61. The third-order valence-corrected chi connectivity index (χ3v) is 5.22. The average molecular weight is 322 g/mol. The second-order valence-corrected chi connectivity index (χ2v) is 7.45. The molecule has 0 radical (unpaired) electrons. The quantitative estimate of drug-likeness (QED) is 0.903. The molecule has 0 aliphatic carbocycles. The van der Waals surface area contributed by atoms with Gasteiger partial charge in [-0.1, -0.05) is 26.0 Å². The minimum atomic E-state index is 0.457. The van der Waals surface area contributed by atoms with Gasteiger partial charge in [0.1, 0.15) is 11.6 Å². The zero-order valence-corrected chi connectivity index (χ0v) is 14.6. The molecule has 2 aromatic rings. The predicted molar refractivity (Wildman–Crippen MR) is 98.8 cm³/mol. The van der Waals surface area contributed by atoms with Crippen molar-refractivity contribution in [3.63, 3.8) is 0 Å². The van der Waals surface area contributed by atoms with Gasteiger partial charge < -0.3 is 10.6 Å². The molecule has 4 heteroatoms. The first-order chi connectivity index (χ1) is 11.7. The number of anilines is 2. The summed E-state index contributed by atoms with van der Waals surface area (Å²) in [4.78, 5) is 9.26. The summed E-state index contributed by atoms with van der Waals surface area (Å²) in [6.45, 7) is 6.66.